The summed E-state index contributed by atoms with van der Waals surface area (Å²) in [5.74, 6) is 4.46. The van der Waals surface area contributed by atoms with Crippen molar-refractivity contribution >= 4 is 145 Å². The molecule has 0 spiro atoms. The third-order valence-electron chi connectivity index (χ3n) is 18.9. The van der Waals surface area contributed by atoms with Crippen LogP contribution in [-0.4, -0.2) is 90.9 Å². The number of rotatable bonds is 17. The fourth-order valence-electron chi connectivity index (χ4n) is 13.0. The van der Waals surface area contributed by atoms with Crippen molar-refractivity contribution in [2.45, 2.75) is 79.2 Å². The number of benzene rings is 6. The Kier molecular flexibility index (Phi) is 17.8. The maximum atomic E-state index is 5.84. The number of hydrogen-bond acceptors (Lipinski definition) is 22. The molecule has 19 aromatic rings. The molecule has 0 amide bonds. The molecule has 0 unspecified atom stereocenters. The molecular formula is C80H72N22O5. The molecular weight excluding hydrogens is 1350 g/mol. The average Bonchev–Trinajstić information content (AvgIpc) is 1.68. The number of anilines is 8. The average molecular weight is 1420 g/mol. The van der Waals surface area contributed by atoms with E-state index in [1.807, 2.05) is 128 Å². The van der Waals surface area contributed by atoms with Gasteiger partial charge in [0, 0.05) is 125 Å². The van der Waals surface area contributed by atoms with E-state index >= 15 is 0 Å². The summed E-state index contributed by atoms with van der Waals surface area (Å²) in [6.45, 7) is 9.09. The number of ether oxygens (including phenoxy) is 1. The molecule has 6 aromatic carbocycles. The van der Waals surface area contributed by atoms with Gasteiger partial charge >= 0.3 is 0 Å². The van der Waals surface area contributed by atoms with Gasteiger partial charge in [-0.3, -0.25) is 30.4 Å². The van der Waals surface area contributed by atoms with E-state index < -0.39 is 0 Å². The molecule has 8 N–H and O–H groups in total. The summed E-state index contributed by atoms with van der Waals surface area (Å²) >= 11 is 0. The highest BCUT2D eigenvalue weighted by Gasteiger charge is 2.23. The third-order valence-corrected chi connectivity index (χ3v) is 18.9. The molecule has 1 aliphatic carbocycles. The van der Waals surface area contributed by atoms with Crippen LogP contribution in [0.3, 0.4) is 0 Å². The first-order valence-corrected chi connectivity index (χ1v) is 35.2. The van der Waals surface area contributed by atoms with E-state index in [2.05, 4.69) is 183 Å². The summed E-state index contributed by atoms with van der Waals surface area (Å²) in [5, 5.41) is 65.2. The van der Waals surface area contributed by atoms with Crippen LogP contribution in [0.5, 0.6) is 5.75 Å². The molecule has 532 valence electrons. The van der Waals surface area contributed by atoms with Crippen LogP contribution in [-0.2, 0) is 32.9 Å². The van der Waals surface area contributed by atoms with E-state index in [0.29, 0.717) is 52.9 Å². The molecule has 0 saturated heterocycles. The molecule has 1 fully saturated rings. The lowest BCUT2D eigenvalue weighted by Crippen LogP contribution is -2.13. The van der Waals surface area contributed by atoms with Gasteiger partial charge in [-0.2, -0.15) is 20.4 Å². The second kappa shape index (κ2) is 28.8. The summed E-state index contributed by atoms with van der Waals surface area (Å²) < 4.78 is 30.1. The van der Waals surface area contributed by atoms with Gasteiger partial charge in [0.1, 0.15) is 34.9 Å². The summed E-state index contributed by atoms with van der Waals surface area (Å²) in [4.78, 5) is 21.4. The molecule has 107 heavy (non-hydrogen) atoms. The second-order valence-electron chi connectivity index (χ2n) is 27.8. The molecule has 1 saturated carbocycles. The Hall–Kier alpha value is -13.9. The summed E-state index contributed by atoms with van der Waals surface area (Å²) in [6, 6.07) is 51.9. The van der Waals surface area contributed by atoms with Crippen molar-refractivity contribution in [2.24, 2.45) is 18.4 Å². The smallest absolute Gasteiger partial charge is 0.201 e. The molecule has 1 aliphatic rings. The molecule has 13 aromatic heterocycles. The van der Waals surface area contributed by atoms with Crippen LogP contribution in [0.1, 0.15) is 80.4 Å². The van der Waals surface area contributed by atoms with Crippen molar-refractivity contribution in [1.29, 1.82) is 0 Å². The zero-order valence-electron chi connectivity index (χ0n) is 59.0. The van der Waals surface area contributed by atoms with Gasteiger partial charge in [-0.15, -0.1) is 0 Å². The molecule has 27 nitrogen and oxygen atoms in total. The lowest BCUT2D eigenvalue weighted by atomic mass is 9.82. The van der Waals surface area contributed by atoms with Gasteiger partial charge in [-0.25, -0.2) is 15.0 Å². The van der Waals surface area contributed by atoms with E-state index in [1.165, 1.54) is 35.7 Å². The molecule has 0 radical (unpaired) electrons. The Bertz CT molecular complexity index is 6360. The third kappa shape index (κ3) is 14.5. The minimum absolute atomic E-state index is 0.280. The maximum Gasteiger partial charge on any atom is 0.201 e. The highest BCUT2D eigenvalue weighted by atomic mass is 16.5. The molecule has 0 bridgehead atoms. The largest absolute Gasteiger partial charge is 0.487 e. The van der Waals surface area contributed by atoms with Gasteiger partial charge < -0.3 is 48.7 Å². The molecule has 0 atom stereocenters. The first kappa shape index (κ1) is 66.4. The van der Waals surface area contributed by atoms with Gasteiger partial charge in [-0.1, -0.05) is 78.9 Å². The Morgan fingerprint density at radius 3 is 1.69 bits per heavy atom. The highest BCUT2D eigenvalue weighted by molar-refractivity contribution is 5.94. The minimum Gasteiger partial charge on any atom is -0.487 e. The van der Waals surface area contributed by atoms with E-state index in [-0.39, 0.29) is 5.41 Å². The number of aromatic amines is 4. The van der Waals surface area contributed by atoms with Crippen LogP contribution in [0.15, 0.2) is 213 Å². The Labute approximate surface area is 609 Å². The molecule has 20 rings (SSSR count). The van der Waals surface area contributed by atoms with Gasteiger partial charge in [-0.05, 0) is 169 Å². The first-order chi connectivity index (χ1) is 52.4. The van der Waals surface area contributed by atoms with Gasteiger partial charge in [0.05, 0.1) is 33.5 Å². The monoisotopic (exact) mass is 1420 g/mol. The van der Waals surface area contributed by atoms with E-state index in [1.54, 1.807) is 31.0 Å². The van der Waals surface area contributed by atoms with Crippen molar-refractivity contribution in [2.75, 3.05) is 21.3 Å². The number of fused-ring (bicyclic) bond motifs is 9. The number of H-pyrrole nitrogens is 4. The first-order valence-electron chi connectivity index (χ1n) is 35.2. The molecule has 0 aliphatic heterocycles. The number of hydrogen-bond donors (Lipinski definition) is 8. The predicted molar refractivity (Wildman–Crippen MR) is 413 cm³/mol. The van der Waals surface area contributed by atoms with E-state index in [0.717, 1.165) is 154 Å². The Balaban J connectivity index is 0.000000105. The zero-order chi connectivity index (χ0) is 72.4. The molecule has 27 heteroatoms. The van der Waals surface area contributed by atoms with Gasteiger partial charge in [0.25, 0.3) is 0 Å². The fraction of sp³-hybridized carbons (Fsp3) is 0.188. The quantitative estimate of drug-likeness (QED) is 0.0420. The summed E-state index contributed by atoms with van der Waals surface area (Å²) in [5.41, 5.74) is 19.5. The molecule has 13 heterocycles. The van der Waals surface area contributed by atoms with Crippen molar-refractivity contribution in [3.05, 3.63) is 229 Å². The van der Waals surface area contributed by atoms with Crippen molar-refractivity contribution < 1.29 is 22.8 Å². The van der Waals surface area contributed by atoms with Crippen molar-refractivity contribution in [1.82, 2.24) is 90.9 Å². The number of nitrogens with zero attached hydrogens (tertiary/aromatic N) is 14. The standard InChI is InChI=1S/C22H17N7O.C21H17N5O2.C19H21N5O.C18H17N5O/c1-29-9-6-14-10-13(2-5-18(14)29)11-17-16-4-3-15(12-19(16)30-28-17)25-22-20-21(26-27-22)24-8-7-23-20;1-13-4-2-5-15(10-13)27-12-18-16-8-7-14(11-19(16)28-26-18)23-21-20-17(24-25-21)6-3-9-22-20;1-19(2,3)9-8-15-13-7-6-12(11-16(13)25-24-15)21-18-14-5-4-10-20-17(14)22-23-18;1-3-11(4-1)9-15-13-7-6-12(10-16(13)24-23-15)20-18-17-14(21-22-18)5-2-8-19-17/h2-10,12H,11H2,1H3,(H2,24,25,26,27);2-11H,12H2,1H3,(H2,23,24,25);4-7,10-11H,8-9H2,1-3H3,(H2,20,21,22,23);2,5-8,10-11H,1,3-4,9H2,(H2,20,21,22). The number of aromatic nitrogens is 18. The van der Waals surface area contributed by atoms with Crippen molar-refractivity contribution in [3.63, 3.8) is 0 Å². The lowest BCUT2D eigenvalue weighted by molar-refractivity contribution is 0.292. The van der Waals surface area contributed by atoms with Crippen LogP contribution < -0.4 is 26.0 Å². The van der Waals surface area contributed by atoms with Crippen LogP contribution in [0.25, 0.3) is 99.0 Å². The topological polar surface area (TPSA) is 346 Å². The Morgan fingerprint density at radius 2 is 1.04 bits per heavy atom. The fourth-order valence-corrected chi connectivity index (χ4v) is 13.0. The number of pyridine rings is 3. The van der Waals surface area contributed by atoms with Gasteiger partial charge in [0.2, 0.25) is 5.65 Å². The summed E-state index contributed by atoms with van der Waals surface area (Å²) in [7, 11) is 2.05. The lowest BCUT2D eigenvalue weighted by Gasteiger charge is -2.24. The van der Waals surface area contributed by atoms with Gasteiger partial charge in [0.15, 0.2) is 50.9 Å². The van der Waals surface area contributed by atoms with Crippen molar-refractivity contribution in [3.8, 4) is 5.75 Å². The van der Waals surface area contributed by atoms with Crippen LogP contribution in [0.2, 0.25) is 0 Å². The van der Waals surface area contributed by atoms with Crippen LogP contribution >= 0.6 is 0 Å². The number of aryl methyl sites for hydroxylation is 3. The summed E-state index contributed by atoms with van der Waals surface area (Å²) in [6.07, 6.45) is 18.3. The van der Waals surface area contributed by atoms with Crippen LogP contribution in [0, 0.1) is 18.3 Å². The van der Waals surface area contributed by atoms with E-state index in [4.69, 9.17) is 22.8 Å². The highest BCUT2D eigenvalue weighted by Crippen LogP contribution is 2.36. The zero-order valence-corrected chi connectivity index (χ0v) is 59.0. The second-order valence-corrected chi connectivity index (χ2v) is 27.8. The normalized spacial score (nSPS) is 12.4. The van der Waals surface area contributed by atoms with Crippen LogP contribution in [0.4, 0.5) is 46.0 Å². The maximum absolute atomic E-state index is 5.84. The minimum atomic E-state index is 0.280. The number of nitrogens with one attached hydrogen (secondary N) is 8. The van der Waals surface area contributed by atoms with E-state index in [9.17, 15) is 0 Å². The SMILES string of the molecule is CC(C)(C)CCc1noc2cc(Nc3[nH]nc4ncccc34)ccc12.Cc1cccc(OCc2noc3cc(Nc4n[nH]c5cccnc45)ccc23)c1.Cn1ccc2cc(Cc3noc4cc(Nc5[nH]nc6nccnc56)ccc34)ccc21.c1cnc2c(Nc3ccc4c(CC5CCC5)noc4c3)n[nH]c2c1. The Morgan fingerprint density at radius 1 is 0.486 bits per heavy atom. The predicted octanol–water partition coefficient (Wildman–Crippen LogP) is 18.1.